The number of hydrogen-bond acceptors (Lipinski definition) is 3. The van der Waals surface area contributed by atoms with Crippen LogP contribution in [0.4, 0.5) is 0 Å². The lowest BCUT2D eigenvalue weighted by atomic mass is 10.0. The summed E-state index contributed by atoms with van der Waals surface area (Å²) in [5.74, 6) is 1.54. The van der Waals surface area contributed by atoms with Crippen LogP contribution in [0.15, 0.2) is 29.3 Å². The second-order valence-electron chi connectivity index (χ2n) is 6.60. The summed E-state index contributed by atoms with van der Waals surface area (Å²) >= 11 is 0. The third kappa shape index (κ3) is 8.36. The first kappa shape index (κ1) is 19.7. The maximum absolute atomic E-state index is 5.80. The molecule has 0 aromatic heterocycles. The third-order valence-electron chi connectivity index (χ3n) is 4.30. The Bertz CT molecular complexity index is 513. The van der Waals surface area contributed by atoms with Gasteiger partial charge in [-0.3, -0.25) is 0 Å². The van der Waals surface area contributed by atoms with Gasteiger partial charge < -0.3 is 20.1 Å². The summed E-state index contributed by atoms with van der Waals surface area (Å²) in [4.78, 5) is 4.66. The highest BCUT2D eigenvalue weighted by molar-refractivity contribution is 5.79. The molecule has 0 bridgehead atoms. The van der Waals surface area contributed by atoms with E-state index in [0.717, 1.165) is 64.7 Å². The highest BCUT2D eigenvalue weighted by atomic mass is 16.5. The summed E-state index contributed by atoms with van der Waals surface area (Å²) in [5.41, 5.74) is 2.50. The second kappa shape index (κ2) is 11.9. The number of hydrogen-bond donors (Lipinski definition) is 2. The Kier molecular flexibility index (Phi) is 9.37. The molecule has 140 valence electrons. The summed E-state index contributed by atoms with van der Waals surface area (Å²) in [7, 11) is 0. The van der Waals surface area contributed by atoms with Gasteiger partial charge in [-0.15, -0.1) is 0 Å². The smallest absolute Gasteiger partial charge is 0.191 e. The van der Waals surface area contributed by atoms with Crippen LogP contribution in [0.3, 0.4) is 0 Å². The normalized spacial score (nSPS) is 16.0. The van der Waals surface area contributed by atoms with E-state index in [1.165, 1.54) is 11.1 Å². The average Bonchev–Trinajstić information content (AvgIpc) is 2.63. The van der Waals surface area contributed by atoms with E-state index in [1.807, 2.05) is 0 Å². The van der Waals surface area contributed by atoms with Crippen molar-refractivity contribution in [3.8, 4) is 0 Å². The Morgan fingerprint density at radius 3 is 2.88 bits per heavy atom. The van der Waals surface area contributed by atoms with E-state index in [0.29, 0.717) is 12.5 Å². The monoisotopic (exact) mass is 347 g/mol. The fraction of sp³-hybridized carbons (Fsp3) is 0.650. The van der Waals surface area contributed by atoms with Gasteiger partial charge in [-0.1, -0.05) is 29.8 Å². The van der Waals surface area contributed by atoms with Crippen LogP contribution < -0.4 is 10.6 Å². The van der Waals surface area contributed by atoms with Gasteiger partial charge in [0.1, 0.15) is 0 Å². The van der Waals surface area contributed by atoms with Gasteiger partial charge in [-0.2, -0.15) is 0 Å². The molecule has 2 N–H and O–H groups in total. The van der Waals surface area contributed by atoms with Crippen LogP contribution in [0.2, 0.25) is 0 Å². The van der Waals surface area contributed by atoms with E-state index in [9.17, 15) is 0 Å². The van der Waals surface area contributed by atoms with E-state index in [2.05, 4.69) is 53.7 Å². The zero-order chi connectivity index (χ0) is 17.7. The molecule has 5 heteroatoms. The average molecular weight is 348 g/mol. The van der Waals surface area contributed by atoms with Gasteiger partial charge in [0.25, 0.3) is 0 Å². The molecule has 1 aliphatic rings. The Morgan fingerprint density at radius 1 is 1.28 bits per heavy atom. The number of aliphatic imine (C=N–C) groups is 1. The Morgan fingerprint density at radius 2 is 2.12 bits per heavy atom. The van der Waals surface area contributed by atoms with E-state index < -0.39 is 0 Å². The summed E-state index contributed by atoms with van der Waals surface area (Å²) < 4.78 is 11.2. The molecule has 1 fully saturated rings. The number of guanidine groups is 1. The lowest BCUT2D eigenvalue weighted by Crippen LogP contribution is -2.38. The Balaban J connectivity index is 1.62. The fourth-order valence-electron chi connectivity index (χ4n) is 2.87. The summed E-state index contributed by atoms with van der Waals surface area (Å²) in [6.45, 7) is 10.0. The van der Waals surface area contributed by atoms with Crippen LogP contribution >= 0.6 is 0 Å². The van der Waals surface area contributed by atoms with E-state index in [1.54, 1.807) is 0 Å². The molecular weight excluding hydrogens is 314 g/mol. The molecule has 1 aromatic carbocycles. The van der Waals surface area contributed by atoms with Gasteiger partial charge in [0, 0.05) is 39.5 Å². The zero-order valence-corrected chi connectivity index (χ0v) is 15.7. The number of benzene rings is 1. The third-order valence-corrected chi connectivity index (χ3v) is 4.30. The SMILES string of the molecule is CCNC(=NCc1cccc(C)c1)NCCCOCC1CCOCC1. The number of nitrogens with zero attached hydrogens (tertiary/aromatic N) is 1. The lowest BCUT2D eigenvalue weighted by Gasteiger charge is -2.21. The molecule has 0 aliphatic carbocycles. The van der Waals surface area contributed by atoms with Crippen molar-refractivity contribution < 1.29 is 9.47 Å². The van der Waals surface area contributed by atoms with Crippen molar-refractivity contribution in [3.05, 3.63) is 35.4 Å². The van der Waals surface area contributed by atoms with Gasteiger partial charge in [-0.25, -0.2) is 4.99 Å². The van der Waals surface area contributed by atoms with Crippen LogP contribution in [0.25, 0.3) is 0 Å². The molecule has 0 spiro atoms. The van der Waals surface area contributed by atoms with E-state index in [-0.39, 0.29) is 0 Å². The summed E-state index contributed by atoms with van der Waals surface area (Å²) in [5, 5.41) is 6.68. The molecule has 5 nitrogen and oxygen atoms in total. The highest BCUT2D eigenvalue weighted by Crippen LogP contribution is 2.14. The van der Waals surface area contributed by atoms with E-state index >= 15 is 0 Å². The highest BCUT2D eigenvalue weighted by Gasteiger charge is 2.13. The van der Waals surface area contributed by atoms with Gasteiger partial charge >= 0.3 is 0 Å². The van der Waals surface area contributed by atoms with Gasteiger partial charge in [0.15, 0.2) is 5.96 Å². The van der Waals surface area contributed by atoms with Crippen molar-refractivity contribution in [1.29, 1.82) is 0 Å². The summed E-state index contributed by atoms with van der Waals surface area (Å²) in [6, 6.07) is 8.48. The second-order valence-corrected chi connectivity index (χ2v) is 6.60. The van der Waals surface area contributed by atoms with Crippen molar-refractivity contribution >= 4 is 5.96 Å². The van der Waals surface area contributed by atoms with Crippen LogP contribution in [0.5, 0.6) is 0 Å². The topological polar surface area (TPSA) is 54.9 Å². The van der Waals surface area contributed by atoms with Crippen molar-refractivity contribution in [3.63, 3.8) is 0 Å². The molecule has 1 aliphatic heterocycles. The number of rotatable bonds is 9. The van der Waals surface area contributed by atoms with Crippen LogP contribution in [0, 0.1) is 12.8 Å². The van der Waals surface area contributed by atoms with Gasteiger partial charge in [0.05, 0.1) is 6.54 Å². The first-order chi connectivity index (χ1) is 12.3. The minimum Gasteiger partial charge on any atom is -0.381 e. The van der Waals surface area contributed by atoms with E-state index in [4.69, 9.17) is 9.47 Å². The minimum atomic E-state index is 0.676. The molecular formula is C20H33N3O2. The number of nitrogens with one attached hydrogen (secondary N) is 2. The maximum Gasteiger partial charge on any atom is 0.191 e. The lowest BCUT2D eigenvalue weighted by molar-refractivity contribution is 0.0203. The molecule has 0 saturated carbocycles. The molecule has 0 amide bonds. The van der Waals surface area contributed by atoms with Gasteiger partial charge in [-0.05, 0) is 44.6 Å². The molecule has 0 atom stereocenters. The number of aryl methyl sites for hydroxylation is 1. The quantitative estimate of drug-likeness (QED) is 0.410. The van der Waals surface area contributed by atoms with Crippen molar-refractivity contribution in [1.82, 2.24) is 10.6 Å². The molecule has 0 radical (unpaired) electrons. The van der Waals surface area contributed by atoms with Crippen LogP contribution in [-0.2, 0) is 16.0 Å². The summed E-state index contributed by atoms with van der Waals surface area (Å²) in [6.07, 6.45) is 3.25. The van der Waals surface area contributed by atoms with Crippen molar-refractivity contribution in [2.24, 2.45) is 10.9 Å². The van der Waals surface area contributed by atoms with Crippen LogP contribution in [-0.4, -0.2) is 45.5 Å². The predicted molar refractivity (Wildman–Crippen MR) is 103 cm³/mol. The Hall–Kier alpha value is -1.59. The number of ether oxygens (including phenoxy) is 2. The molecule has 1 saturated heterocycles. The van der Waals surface area contributed by atoms with Gasteiger partial charge in [0.2, 0.25) is 0 Å². The predicted octanol–water partition coefficient (Wildman–Crippen LogP) is 2.88. The molecule has 1 aromatic rings. The van der Waals surface area contributed by atoms with Crippen molar-refractivity contribution in [2.75, 3.05) is 39.5 Å². The van der Waals surface area contributed by atoms with Crippen molar-refractivity contribution in [2.45, 2.75) is 39.7 Å². The Labute approximate surface area is 152 Å². The maximum atomic E-state index is 5.80. The fourth-order valence-corrected chi connectivity index (χ4v) is 2.87. The molecule has 2 rings (SSSR count). The standard InChI is InChI=1S/C20H33N3O2/c1-3-21-20(23-15-19-7-4-6-17(2)14-19)22-10-5-11-25-16-18-8-12-24-13-9-18/h4,6-7,14,18H,3,5,8-13,15-16H2,1-2H3,(H2,21,22,23). The first-order valence-electron chi connectivity index (χ1n) is 9.51. The zero-order valence-electron chi connectivity index (χ0n) is 15.7. The minimum absolute atomic E-state index is 0.676. The first-order valence-corrected chi connectivity index (χ1v) is 9.51. The molecule has 25 heavy (non-hydrogen) atoms. The molecule has 1 heterocycles. The molecule has 0 unspecified atom stereocenters. The largest absolute Gasteiger partial charge is 0.381 e. The van der Waals surface area contributed by atoms with Crippen LogP contribution in [0.1, 0.15) is 37.3 Å².